The summed E-state index contributed by atoms with van der Waals surface area (Å²) in [5.41, 5.74) is 0. The van der Waals surface area contributed by atoms with Crippen molar-refractivity contribution in [1.29, 1.82) is 0 Å². The van der Waals surface area contributed by atoms with Gasteiger partial charge in [-0.2, -0.15) is 11.8 Å². The molecular weight excluding hydrogens is 256 g/mol. The normalized spacial score (nSPS) is 21.5. The summed E-state index contributed by atoms with van der Waals surface area (Å²) in [5, 5.41) is 18.3. The number of aliphatic carboxylic acids is 1. The second-order valence-corrected chi connectivity index (χ2v) is 5.61. The molecule has 0 radical (unpaired) electrons. The van der Waals surface area contributed by atoms with E-state index < -0.39 is 18.1 Å². The third-order valence-corrected chi connectivity index (χ3v) is 3.89. The van der Waals surface area contributed by atoms with E-state index in [0.29, 0.717) is 25.3 Å². The molecule has 0 aromatic heterocycles. The highest BCUT2D eigenvalue weighted by Gasteiger charge is 2.33. The quantitative estimate of drug-likeness (QED) is 0.772. The first-order valence-electron chi connectivity index (χ1n) is 5.94. The van der Waals surface area contributed by atoms with E-state index in [0.717, 1.165) is 5.75 Å². The molecule has 0 spiro atoms. The van der Waals surface area contributed by atoms with E-state index >= 15 is 0 Å². The van der Waals surface area contributed by atoms with Crippen LogP contribution in [0.5, 0.6) is 0 Å². The summed E-state index contributed by atoms with van der Waals surface area (Å²) in [6, 6.07) is -1.02. The molecule has 6 nitrogen and oxygen atoms in total. The zero-order valence-corrected chi connectivity index (χ0v) is 11.5. The van der Waals surface area contributed by atoms with Crippen LogP contribution in [0.3, 0.4) is 0 Å². The lowest BCUT2D eigenvalue weighted by molar-refractivity contribution is -0.141. The molecular formula is C11H20N2O4S. The summed E-state index contributed by atoms with van der Waals surface area (Å²) in [7, 11) is 1.63. The summed E-state index contributed by atoms with van der Waals surface area (Å²) < 4.78 is 0. The van der Waals surface area contributed by atoms with Gasteiger partial charge in [0.1, 0.15) is 6.04 Å². The van der Waals surface area contributed by atoms with Crippen molar-refractivity contribution in [3.63, 3.8) is 0 Å². The van der Waals surface area contributed by atoms with Crippen molar-refractivity contribution < 1.29 is 19.8 Å². The maximum atomic E-state index is 12.1. The molecule has 0 saturated carbocycles. The number of rotatable bonds is 4. The fourth-order valence-electron chi connectivity index (χ4n) is 1.73. The van der Waals surface area contributed by atoms with Crippen LogP contribution in [0.15, 0.2) is 0 Å². The van der Waals surface area contributed by atoms with Crippen LogP contribution in [0, 0.1) is 0 Å². The summed E-state index contributed by atoms with van der Waals surface area (Å²) in [6.07, 6.45) is 0.0233. The number of carboxylic acids is 1. The topological polar surface area (TPSA) is 81.1 Å². The molecule has 1 fully saturated rings. The molecule has 1 aliphatic rings. The van der Waals surface area contributed by atoms with Crippen molar-refractivity contribution in [1.82, 2.24) is 9.80 Å². The van der Waals surface area contributed by atoms with Crippen molar-refractivity contribution in [2.75, 3.05) is 31.6 Å². The highest BCUT2D eigenvalue weighted by molar-refractivity contribution is 7.99. The number of carbonyl (C=O) groups excluding carboxylic acids is 1. The Morgan fingerprint density at radius 3 is 2.78 bits per heavy atom. The number of hydrogen-bond acceptors (Lipinski definition) is 4. The Labute approximate surface area is 111 Å². The Bertz CT molecular complexity index is 311. The summed E-state index contributed by atoms with van der Waals surface area (Å²) in [4.78, 5) is 26.1. The van der Waals surface area contributed by atoms with Gasteiger partial charge >= 0.3 is 12.0 Å². The minimum atomic E-state index is -0.959. The van der Waals surface area contributed by atoms with E-state index in [4.69, 9.17) is 5.11 Å². The van der Waals surface area contributed by atoms with Crippen LogP contribution in [0.4, 0.5) is 4.79 Å². The summed E-state index contributed by atoms with van der Waals surface area (Å²) >= 11 is 1.55. The molecule has 7 heteroatoms. The third-order valence-electron chi connectivity index (χ3n) is 2.87. The largest absolute Gasteiger partial charge is 0.480 e. The highest BCUT2D eigenvalue weighted by Crippen LogP contribution is 2.18. The fraction of sp³-hybridized carbons (Fsp3) is 0.818. The Hall–Kier alpha value is -0.950. The van der Waals surface area contributed by atoms with E-state index in [1.165, 1.54) is 9.80 Å². The molecule has 1 rings (SSSR count). The van der Waals surface area contributed by atoms with E-state index in [1.807, 2.05) is 0 Å². The van der Waals surface area contributed by atoms with Gasteiger partial charge in [-0.3, -0.25) is 0 Å². The van der Waals surface area contributed by atoms with Crippen LogP contribution in [0.2, 0.25) is 0 Å². The predicted molar refractivity (Wildman–Crippen MR) is 69.8 cm³/mol. The molecule has 0 aromatic carbocycles. The first-order valence-corrected chi connectivity index (χ1v) is 7.09. The van der Waals surface area contributed by atoms with E-state index in [2.05, 4.69) is 0 Å². The molecule has 104 valence electrons. The Balaban J connectivity index is 2.59. The number of carbonyl (C=O) groups is 2. The van der Waals surface area contributed by atoms with Gasteiger partial charge in [0.2, 0.25) is 0 Å². The van der Waals surface area contributed by atoms with Gasteiger partial charge in [-0.05, 0) is 13.3 Å². The van der Waals surface area contributed by atoms with E-state index in [9.17, 15) is 14.7 Å². The molecule has 0 bridgehead atoms. The highest BCUT2D eigenvalue weighted by atomic mass is 32.2. The molecule has 2 atom stereocenters. The molecule has 1 saturated heterocycles. The van der Waals surface area contributed by atoms with Gasteiger partial charge in [0, 0.05) is 31.6 Å². The average molecular weight is 276 g/mol. The predicted octanol–water partition coefficient (Wildman–Crippen LogP) is 0.311. The summed E-state index contributed by atoms with van der Waals surface area (Å²) in [6.45, 7) is 2.54. The van der Waals surface area contributed by atoms with Gasteiger partial charge in [0.05, 0.1) is 6.10 Å². The summed E-state index contributed by atoms with van der Waals surface area (Å²) in [5.74, 6) is 0.241. The van der Waals surface area contributed by atoms with Gasteiger partial charge in [0.15, 0.2) is 0 Å². The van der Waals surface area contributed by atoms with Crippen LogP contribution in [0.1, 0.15) is 13.3 Å². The molecule has 2 amide bonds. The van der Waals surface area contributed by atoms with Crippen LogP contribution in [0.25, 0.3) is 0 Å². The smallest absolute Gasteiger partial charge is 0.327 e. The Morgan fingerprint density at radius 1 is 1.56 bits per heavy atom. The molecule has 18 heavy (non-hydrogen) atoms. The van der Waals surface area contributed by atoms with Gasteiger partial charge in [-0.1, -0.05) is 0 Å². The lowest BCUT2D eigenvalue weighted by atomic mass is 10.2. The van der Waals surface area contributed by atoms with Gasteiger partial charge in [-0.25, -0.2) is 9.59 Å². The van der Waals surface area contributed by atoms with Crippen LogP contribution >= 0.6 is 11.8 Å². The van der Waals surface area contributed by atoms with Crippen molar-refractivity contribution >= 4 is 23.8 Å². The number of aliphatic hydroxyl groups excluding tert-OH is 1. The molecule has 2 N–H and O–H groups in total. The molecule has 0 aliphatic carbocycles. The van der Waals surface area contributed by atoms with Gasteiger partial charge in [0.25, 0.3) is 0 Å². The minimum Gasteiger partial charge on any atom is -0.480 e. The van der Waals surface area contributed by atoms with E-state index in [-0.39, 0.29) is 6.03 Å². The number of hydrogen-bond donors (Lipinski definition) is 2. The van der Waals surface area contributed by atoms with Crippen molar-refractivity contribution in [2.24, 2.45) is 0 Å². The monoisotopic (exact) mass is 276 g/mol. The molecule has 0 aromatic rings. The number of carboxylic acid groups (broad SMARTS) is 1. The van der Waals surface area contributed by atoms with Crippen molar-refractivity contribution in [3.05, 3.63) is 0 Å². The molecule has 1 heterocycles. The zero-order valence-electron chi connectivity index (χ0n) is 10.7. The van der Waals surface area contributed by atoms with Crippen molar-refractivity contribution in [2.45, 2.75) is 25.5 Å². The number of nitrogens with zero attached hydrogens (tertiary/aromatic N) is 2. The zero-order chi connectivity index (χ0) is 13.7. The lowest BCUT2D eigenvalue weighted by Crippen LogP contribution is -2.54. The minimum absolute atomic E-state index is 0.275. The SMILES string of the molecule is CC(O)CCN(C)C(=O)N1CCSCC1C(=O)O. The lowest BCUT2D eigenvalue weighted by Gasteiger charge is -2.35. The second-order valence-electron chi connectivity index (χ2n) is 4.46. The van der Waals surface area contributed by atoms with E-state index in [1.54, 1.807) is 25.7 Å². The number of urea groups is 1. The number of aliphatic hydroxyl groups is 1. The first-order chi connectivity index (χ1) is 8.43. The van der Waals surface area contributed by atoms with Gasteiger partial charge < -0.3 is 20.0 Å². The third kappa shape index (κ3) is 4.06. The molecule has 2 unspecified atom stereocenters. The molecule has 1 aliphatic heterocycles. The number of thioether (sulfide) groups is 1. The van der Waals surface area contributed by atoms with Crippen LogP contribution in [-0.2, 0) is 4.79 Å². The second kappa shape index (κ2) is 6.84. The van der Waals surface area contributed by atoms with Gasteiger partial charge in [-0.15, -0.1) is 0 Å². The fourth-order valence-corrected chi connectivity index (χ4v) is 2.77. The van der Waals surface area contributed by atoms with Crippen molar-refractivity contribution in [3.8, 4) is 0 Å². The standard InChI is InChI=1S/C11H20N2O4S/c1-8(14)3-4-12(2)11(17)13-5-6-18-7-9(13)10(15)16/h8-9,14H,3-7H2,1-2H3,(H,15,16). The Kier molecular flexibility index (Phi) is 5.74. The average Bonchev–Trinajstić information content (AvgIpc) is 2.34. The van der Waals surface area contributed by atoms with Crippen LogP contribution < -0.4 is 0 Å². The Morgan fingerprint density at radius 2 is 2.22 bits per heavy atom. The van der Waals surface area contributed by atoms with Crippen LogP contribution in [-0.4, -0.2) is 75.8 Å². The first kappa shape index (κ1) is 15.1. The number of amides is 2. The maximum absolute atomic E-state index is 12.1. The maximum Gasteiger partial charge on any atom is 0.327 e.